The normalized spacial score (nSPS) is 21.5. The van der Waals surface area contributed by atoms with E-state index in [1.54, 1.807) is 0 Å². The Morgan fingerprint density at radius 3 is 2.89 bits per heavy atom. The van der Waals surface area contributed by atoms with Crippen LogP contribution >= 0.6 is 0 Å². The van der Waals surface area contributed by atoms with E-state index in [-0.39, 0.29) is 0 Å². The second-order valence-corrected chi connectivity index (χ2v) is 5.86. The van der Waals surface area contributed by atoms with E-state index in [0.29, 0.717) is 6.54 Å². The van der Waals surface area contributed by atoms with Gasteiger partial charge in [0.25, 0.3) is 0 Å². The first-order chi connectivity index (χ1) is 9.22. The van der Waals surface area contributed by atoms with Gasteiger partial charge >= 0.3 is 0 Å². The van der Waals surface area contributed by atoms with Crippen LogP contribution in [0.15, 0.2) is 10.5 Å². The van der Waals surface area contributed by atoms with Crippen LogP contribution in [0.25, 0.3) is 0 Å². The second kappa shape index (κ2) is 7.11. The van der Waals surface area contributed by atoms with Gasteiger partial charge in [0.1, 0.15) is 11.5 Å². The molecular formula is C16H28N2O. The van der Waals surface area contributed by atoms with Crippen molar-refractivity contribution in [2.45, 2.75) is 59.0 Å². The van der Waals surface area contributed by atoms with Crippen LogP contribution in [0.5, 0.6) is 0 Å². The van der Waals surface area contributed by atoms with Gasteiger partial charge in [-0.2, -0.15) is 0 Å². The molecule has 1 aliphatic rings. The van der Waals surface area contributed by atoms with Crippen molar-refractivity contribution in [2.24, 2.45) is 11.7 Å². The van der Waals surface area contributed by atoms with E-state index in [9.17, 15) is 0 Å². The van der Waals surface area contributed by atoms with Crippen LogP contribution in [0.2, 0.25) is 0 Å². The van der Waals surface area contributed by atoms with Crippen molar-refractivity contribution in [3.8, 4) is 0 Å². The zero-order valence-corrected chi connectivity index (χ0v) is 12.5. The molecule has 0 spiro atoms. The molecule has 2 N–H and O–H groups in total. The maximum absolute atomic E-state index is 5.80. The molecule has 1 unspecified atom stereocenters. The van der Waals surface area contributed by atoms with Crippen LogP contribution in [0.4, 0.5) is 0 Å². The first-order valence-corrected chi connectivity index (χ1v) is 7.73. The Morgan fingerprint density at radius 2 is 2.21 bits per heavy atom. The number of nitrogens with two attached hydrogens (primary N) is 1. The van der Waals surface area contributed by atoms with E-state index in [2.05, 4.69) is 17.9 Å². The molecule has 1 fully saturated rings. The smallest absolute Gasteiger partial charge is 0.118 e. The Balaban J connectivity index is 1.88. The predicted octanol–water partition coefficient (Wildman–Crippen LogP) is 3.45. The molecule has 0 aliphatic carbocycles. The minimum Gasteiger partial charge on any atom is -0.465 e. The van der Waals surface area contributed by atoms with Crippen LogP contribution in [0.3, 0.4) is 0 Å². The summed E-state index contributed by atoms with van der Waals surface area (Å²) in [4.78, 5) is 2.54. The Kier molecular flexibility index (Phi) is 5.46. The topological polar surface area (TPSA) is 42.4 Å². The van der Waals surface area contributed by atoms with Gasteiger partial charge in [0.2, 0.25) is 0 Å². The van der Waals surface area contributed by atoms with Crippen molar-refractivity contribution in [1.82, 2.24) is 4.90 Å². The summed E-state index contributed by atoms with van der Waals surface area (Å²) in [5, 5.41) is 0. The predicted molar refractivity (Wildman–Crippen MR) is 78.9 cm³/mol. The number of likely N-dealkylation sites (tertiary alicyclic amines) is 1. The molecule has 19 heavy (non-hydrogen) atoms. The summed E-state index contributed by atoms with van der Waals surface area (Å²) in [7, 11) is 0. The van der Waals surface area contributed by atoms with Gasteiger partial charge in [0, 0.05) is 12.1 Å². The average Bonchev–Trinajstić information content (AvgIpc) is 2.59. The zero-order chi connectivity index (χ0) is 13.7. The lowest BCUT2D eigenvalue weighted by atomic mass is 9.96. The van der Waals surface area contributed by atoms with Crippen molar-refractivity contribution < 1.29 is 4.42 Å². The minimum absolute atomic E-state index is 0.577. The monoisotopic (exact) mass is 264 g/mol. The highest BCUT2D eigenvalue weighted by Gasteiger charge is 2.17. The Labute approximate surface area is 117 Å². The van der Waals surface area contributed by atoms with Crippen LogP contribution in [0.1, 0.15) is 56.1 Å². The molecule has 0 amide bonds. The third-order valence-corrected chi connectivity index (χ3v) is 4.31. The summed E-state index contributed by atoms with van der Waals surface area (Å²) in [6.45, 7) is 8.24. The summed E-state index contributed by atoms with van der Waals surface area (Å²) in [5.74, 6) is 3.00. The molecule has 2 rings (SSSR count). The van der Waals surface area contributed by atoms with E-state index in [0.717, 1.165) is 29.5 Å². The summed E-state index contributed by atoms with van der Waals surface area (Å²) >= 11 is 0. The van der Waals surface area contributed by atoms with Gasteiger partial charge in [0.15, 0.2) is 0 Å². The maximum atomic E-state index is 5.80. The number of rotatable bonds is 5. The lowest BCUT2D eigenvalue weighted by Crippen LogP contribution is -2.24. The molecule has 108 valence electrons. The molecule has 1 saturated heterocycles. The van der Waals surface area contributed by atoms with Gasteiger partial charge in [-0.3, -0.25) is 4.90 Å². The first kappa shape index (κ1) is 14.6. The summed E-state index contributed by atoms with van der Waals surface area (Å²) in [5.41, 5.74) is 6.85. The SMILES string of the molecule is CCCC1CCCN(Cc2cc(CN)c(C)o2)CC1. The van der Waals surface area contributed by atoms with Crippen LogP contribution in [0, 0.1) is 12.8 Å². The minimum atomic E-state index is 0.577. The van der Waals surface area contributed by atoms with Crippen molar-refractivity contribution in [3.63, 3.8) is 0 Å². The van der Waals surface area contributed by atoms with E-state index < -0.39 is 0 Å². The number of furan rings is 1. The lowest BCUT2D eigenvalue weighted by Gasteiger charge is -2.18. The van der Waals surface area contributed by atoms with Crippen molar-refractivity contribution in [1.29, 1.82) is 0 Å². The highest BCUT2D eigenvalue weighted by Crippen LogP contribution is 2.23. The fourth-order valence-electron chi connectivity index (χ4n) is 3.17. The molecule has 2 heterocycles. The van der Waals surface area contributed by atoms with Gasteiger partial charge in [-0.1, -0.05) is 19.8 Å². The second-order valence-electron chi connectivity index (χ2n) is 5.86. The van der Waals surface area contributed by atoms with E-state index >= 15 is 0 Å². The number of hydrogen-bond acceptors (Lipinski definition) is 3. The summed E-state index contributed by atoms with van der Waals surface area (Å²) < 4.78 is 5.80. The van der Waals surface area contributed by atoms with Crippen molar-refractivity contribution in [3.05, 3.63) is 23.2 Å². The first-order valence-electron chi connectivity index (χ1n) is 7.73. The molecule has 3 heteroatoms. The third-order valence-electron chi connectivity index (χ3n) is 4.31. The molecule has 1 aromatic rings. The molecular weight excluding hydrogens is 236 g/mol. The highest BCUT2D eigenvalue weighted by atomic mass is 16.3. The number of nitrogens with zero attached hydrogens (tertiary/aromatic N) is 1. The van der Waals surface area contributed by atoms with Gasteiger partial charge < -0.3 is 10.2 Å². The molecule has 0 bridgehead atoms. The molecule has 0 radical (unpaired) electrons. The van der Waals surface area contributed by atoms with Gasteiger partial charge in [-0.25, -0.2) is 0 Å². The quantitative estimate of drug-likeness (QED) is 0.885. The maximum Gasteiger partial charge on any atom is 0.118 e. The van der Waals surface area contributed by atoms with Crippen LogP contribution in [-0.4, -0.2) is 18.0 Å². The van der Waals surface area contributed by atoms with Gasteiger partial charge in [-0.15, -0.1) is 0 Å². The standard InChI is InChI=1S/C16H28N2O/c1-3-5-14-6-4-8-18(9-7-14)12-16-10-15(11-17)13(2)19-16/h10,14H,3-9,11-12,17H2,1-2H3. The van der Waals surface area contributed by atoms with Gasteiger partial charge in [0.05, 0.1) is 6.54 Å². The zero-order valence-electron chi connectivity index (χ0n) is 12.5. The Bertz CT molecular complexity index is 386. The fraction of sp³-hybridized carbons (Fsp3) is 0.750. The Morgan fingerprint density at radius 1 is 1.37 bits per heavy atom. The molecule has 0 aromatic carbocycles. The van der Waals surface area contributed by atoms with E-state index in [4.69, 9.17) is 10.2 Å². The lowest BCUT2D eigenvalue weighted by molar-refractivity contribution is 0.247. The highest BCUT2D eigenvalue weighted by molar-refractivity contribution is 5.20. The Hall–Kier alpha value is -0.800. The van der Waals surface area contributed by atoms with Crippen LogP contribution < -0.4 is 5.73 Å². The summed E-state index contributed by atoms with van der Waals surface area (Å²) in [6, 6.07) is 2.13. The third kappa shape index (κ3) is 4.08. The molecule has 1 aliphatic heterocycles. The molecule has 3 nitrogen and oxygen atoms in total. The van der Waals surface area contributed by atoms with Gasteiger partial charge in [-0.05, 0) is 51.3 Å². The summed E-state index contributed by atoms with van der Waals surface area (Å²) in [6.07, 6.45) is 6.79. The van der Waals surface area contributed by atoms with E-state index in [1.807, 2.05) is 6.92 Å². The number of hydrogen-bond donors (Lipinski definition) is 1. The van der Waals surface area contributed by atoms with Crippen molar-refractivity contribution >= 4 is 0 Å². The molecule has 0 saturated carbocycles. The largest absolute Gasteiger partial charge is 0.465 e. The van der Waals surface area contributed by atoms with E-state index in [1.165, 1.54) is 45.2 Å². The molecule has 1 aromatic heterocycles. The average molecular weight is 264 g/mol. The number of aryl methyl sites for hydroxylation is 1. The molecule has 1 atom stereocenters. The van der Waals surface area contributed by atoms with Crippen LogP contribution in [-0.2, 0) is 13.1 Å². The van der Waals surface area contributed by atoms with Crippen molar-refractivity contribution in [2.75, 3.05) is 13.1 Å². The fourth-order valence-corrected chi connectivity index (χ4v) is 3.17.